The summed E-state index contributed by atoms with van der Waals surface area (Å²) in [5, 5.41) is 2.95. The Kier molecular flexibility index (Phi) is 6.15. The van der Waals surface area contributed by atoms with Crippen molar-refractivity contribution < 1.29 is 9.47 Å². The van der Waals surface area contributed by atoms with Crippen LogP contribution in [0.2, 0.25) is 0 Å². The zero-order chi connectivity index (χ0) is 13.5. The molecule has 1 atom stereocenters. The number of nitrogens with zero attached hydrogens (tertiary/aromatic N) is 2. The van der Waals surface area contributed by atoms with Crippen molar-refractivity contribution in [3.8, 4) is 5.88 Å². The number of alkyl halides is 1. The van der Waals surface area contributed by atoms with E-state index in [0.29, 0.717) is 25.0 Å². The zero-order valence-electron chi connectivity index (χ0n) is 11.2. The molecule has 0 aliphatic carbocycles. The Hall–Kier alpha value is -1.07. The summed E-state index contributed by atoms with van der Waals surface area (Å²) in [4.78, 5) is 8.53. The van der Waals surface area contributed by atoms with Gasteiger partial charge in [-0.05, 0) is 20.8 Å². The Morgan fingerprint density at radius 3 is 2.72 bits per heavy atom. The van der Waals surface area contributed by atoms with E-state index in [-0.39, 0.29) is 11.5 Å². The van der Waals surface area contributed by atoms with Crippen molar-refractivity contribution in [2.45, 2.75) is 32.3 Å². The van der Waals surface area contributed by atoms with Crippen molar-refractivity contribution in [3.63, 3.8) is 0 Å². The number of hydrogen-bond donors (Lipinski definition) is 1. The number of nitrogens with one attached hydrogen (secondary N) is 1. The first kappa shape index (κ1) is 15.0. The molecule has 0 saturated carbocycles. The summed E-state index contributed by atoms with van der Waals surface area (Å²) in [6.07, 6.45) is 0.0846. The average Bonchev–Trinajstić information content (AvgIpc) is 2.25. The molecule has 1 rings (SSSR count). The van der Waals surface area contributed by atoms with Crippen LogP contribution in [0.5, 0.6) is 5.88 Å². The van der Waals surface area contributed by atoms with E-state index in [1.807, 2.05) is 20.8 Å². The standard InChI is InChI=1S/C12H20ClN3O2/c1-8(2)18-11-5-9(3)15-12(16-11)14-6-10(13)7-17-4/h5,8,10H,6-7H2,1-4H3,(H,14,15,16). The van der Waals surface area contributed by atoms with Crippen LogP contribution in [0, 0.1) is 6.92 Å². The minimum absolute atomic E-state index is 0.0846. The third-order valence-corrected chi connectivity index (χ3v) is 2.30. The van der Waals surface area contributed by atoms with Crippen molar-refractivity contribution in [2.75, 3.05) is 25.6 Å². The SMILES string of the molecule is COCC(Cl)CNc1nc(C)cc(OC(C)C)n1. The Morgan fingerprint density at radius 1 is 1.39 bits per heavy atom. The smallest absolute Gasteiger partial charge is 0.226 e. The molecule has 0 aliphatic rings. The van der Waals surface area contributed by atoms with Gasteiger partial charge in [-0.15, -0.1) is 11.6 Å². The lowest BCUT2D eigenvalue weighted by Crippen LogP contribution is -2.20. The number of aromatic nitrogens is 2. The largest absolute Gasteiger partial charge is 0.475 e. The molecule has 0 aliphatic heterocycles. The number of ether oxygens (including phenoxy) is 2. The van der Waals surface area contributed by atoms with E-state index in [4.69, 9.17) is 21.1 Å². The molecular weight excluding hydrogens is 254 g/mol. The summed E-state index contributed by atoms with van der Waals surface area (Å²) in [6.45, 7) is 6.83. The van der Waals surface area contributed by atoms with E-state index in [1.165, 1.54) is 0 Å². The van der Waals surface area contributed by atoms with Crippen LogP contribution in [0.4, 0.5) is 5.95 Å². The third-order valence-electron chi connectivity index (χ3n) is 2.02. The van der Waals surface area contributed by atoms with Crippen LogP contribution in [0.1, 0.15) is 19.5 Å². The zero-order valence-corrected chi connectivity index (χ0v) is 12.0. The molecule has 0 spiro atoms. The molecule has 0 aromatic carbocycles. The predicted octanol–water partition coefficient (Wildman–Crippen LogP) is 2.24. The highest BCUT2D eigenvalue weighted by molar-refractivity contribution is 6.21. The van der Waals surface area contributed by atoms with Crippen LogP contribution in [-0.4, -0.2) is 41.7 Å². The van der Waals surface area contributed by atoms with E-state index in [9.17, 15) is 0 Å². The first-order valence-electron chi connectivity index (χ1n) is 5.90. The van der Waals surface area contributed by atoms with Crippen molar-refractivity contribution in [1.29, 1.82) is 0 Å². The minimum Gasteiger partial charge on any atom is -0.475 e. The van der Waals surface area contributed by atoms with Crippen molar-refractivity contribution >= 4 is 17.5 Å². The highest BCUT2D eigenvalue weighted by atomic mass is 35.5. The fourth-order valence-corrected chi connectivity index (χ4v) is 1.57. The lowest BCUT2D eigenvalue weighted by Gasteiger charge is -2.13. The van der Waals surface area contributed by atoms with Crippen LogP contribution < -0.4 is 10.1 Å². The van der Waals surface area contributed by atoms with E-state index >= 15 is 0 Å². The summed E-state index contributed by atoms with van der Waals surface area (Å²) >= 11 is 6.02. The molecule has 6 heteroatoms. The molecule has 18 heavy (non-hydrogen) atoms. The monoisotopic (exact) mass is 273 g/mol. The lowest BCUT2D eigenvalue weighted by atomic mass is 10.4. The van der Waals surface area contributed by atoms with Crippen LogP contribution in [0.25, 0.3) is 0 Å². The first-order chi connectivity index (χ1) is 8.51. The third kappa shape index (κ3) is 5.51. The van der Waals surface area contributed by atoms with Crippen LogP contribution in [-0.2, 0) is 4.74 Å². The van der Waals surface area contributed by atoms with Gasteiger partial charge in [-0.3, -0.25) is 0 Å². The second-order valence-electron chi connectivity index (χ2n) is 4.27. The molecule has 1 aromatic rings. The summed E-state index contributed by atoms with van der Waals surface area (Å²) in [7, 11) is 1.62. The Balaban J connectivity index is 2.62. The van der Waals surface area contributed by atoms with Gasteiger partial charge in [0, 0.05) is 25.4 Å². The molecule has 5 nitrogen and oxygen atoms in total. The molecule has 102 valence electrons. The number of halogens is 1. The normalized spacial score (nSPS) is 12.6. The molecule has 1 heterocycles. The van der Waals surface area contributed by atoms with E-state index in [1.54, 1.807) is 13.2 Å². The Bertz CT molecular complexity index is 374. The van der Waals surface area contributed by atoms with Crippen molar-refractivity contribution in [2.24, 2.45) is 0 Å². The van der Waals surface area contributed by atoms with Crippen molar-refractivity contribution in [1.82, 2.24) is 9.97 Å². The Labute approximate surface area is 113 Å². The van der Waals surface area contributed by atoms with Gasteiger partial charge >= 0.3 is 0 Å². The van der Waals surface area contributed by atoms with Gasteiger partial charge in [0.15, 0.2) is 0 Å². The number of anilines is 1. The maximum absolute atomic E-state index is 6.02. The van der Waals surface area contributed by atoms with Crippen LogP contribution in [0.15, 0.2) is 6.07 Å². The molecule has 0 amide bonds. The second kappa shape index (κ2) is 7.38. The molecule has 1 N–H and O–H groups in total. The second-order valence-corrected chi connectivity index (χ2v) is 4.89. The minimum atomic E-state index is -0.117. The highest BCUT2D eigenvalue weighted by Crippen LogP contribution is 2.13. The van der Waals surface area contributed by atoms with Gasteiger partial charge in [0.2, 0.25) is 11.8 Å². The van der Waals surface area contributed by atoms with Gasteiger partial charge in [-0.1, -0.05) is 0 Å². The first-order valence-corrected chi connectivity index (χ1v) is 6.34. The highest BCUT2D eigenvalue weighted by Gasteiger charge is 2.07. The van der Waals surface area contributed by atoms with Gasteiger partial charge in [0.05, 0.1) is 18.1 Å². The Morgan fingerprint density at radius 2 is 2.11 bits per heavy atom. The molecule has 0 saturated heterocycles. The molecule has 1 unspecified atom stereocenters. The van der Waals surface area contributed by atoms with Gasteiger partial charge in [-0.2, -0.15) is 4.98 Å². The lowest BCUT2D eigenvalue weighted by molar-refractivity contribution is 0.200. The van der Waals surface area contributed by atoms with Gasteiger partial charge in [0.25, 0.3) is 0 Å². The number of rotatable bonds is 7. The number of methoxy groups -OCH3 is 1. The summed E-state index contributed by atoms with van der Waals surface area (Å²) < 4.78 is 10.5. The average molecular weight is 274 g/mol. The molecule has 1 aromatic heterocycles. The number of aryl methyl sites for hydroxylation is 1. The molecule has 0 fully saturated rings. The van der Waals surface area contributed by atoms with E-state index < -0.39 is 0 Å². The van der Waals surface area contributed by atoms with Gasteiger partial charge in [0.1, 0.15) is 0 Å². The predicted molar refractivity (Wildman–Crippen MR) is 72.5 cm³/mol. The van der Waals surface area contributed by atoms with E-state index in [0.717, 1.165) is 5.69 Å². The fourth-order valence-electron chi connectivity index (χ4n) is 1.36. The molecular formula is C12H20ClN3O2. The van der Waals surface area contributed by atoms with Crippen LogP contribution in [0.3, 0.4) is 0 Å². The number of hydrogen-bond acceptors (Lipinski definition) is 5. The summed E-state index contributed by atoms with van der Waals surface area (Å²) in [6, 6.07) is 1.80. The van der Waals surface area contributed by atoms with Crippen LogP contribution >= 0.6 is 11.6 Å². The summed E-state index contributed by atoms with van der Waals surface area (Å²) in [5.74, 6) is 1.09. The maximum Gasteiger partial charge on any atom is 0.226 e. The molecule has 0 bridgehead atoms. The van der Waals surface area contributed by atoms with Gasteiger partial charge in [-0.25, -0.2) is 4.98 Å². The molecule has 0 radical (unpaired) electrons. The maximum atomic E-state index is 6.02. The topological polar surface area (TPSA) is 56.3 Å². The van der Waals surface area contributed by atoms with Gasteiger partial charge < -0.3 is 14.8 Å². The fraction of sp³-hybridized carbons (Fsp3) is 0.667. The van der Waals surface area contributed by atoms with Crippen molar-refractivity contribution in [3.05, 3.63) is 11.8 Å². The van der Waals surface area contributed by atoms with E-state index in [2.05, 4.69) is 15.3 Å². The quantitative estimate of drug-likeness (QED) is 0.772. The summed E-state index contributed by atoms with van der Waals surface area (Å²) in [5.41, 5.74) is 0.848.